The molecule has 1 amide bonds. The van der Waals surface area contributed by atoms with Crippen molar-refractivity contribution in [2.75, 3.05) is 13.7 Å². The molecular weight excluding hydrogens is 134 g/mol. The highest BCUT2D eigenvalue weighted by atomic mass is 16.5. The SMILES string of the molecule is COC(=O)NCC(C)[C]=O. The van der Waals surface area contributed by atoms with Crippen molar-refractivity contribution >= 4 is 12.4 Å². The van der Waals surface area contributed by atoms with Crippen LogP contribution < -0.4 is 5.32 Å². The lowest BCUT2D eigenvalue weighted by molar-refractivity contribution is 0.170. The topological polar surface area (TPSA) is 55.4 Å². The van der Waals surface area contributed by atoms with Crippen molar-refractivity contribution in [2.24, 2.45) is 5.92 Å². The van der Waals surface area contributed by atoms with Crippen molar-refractivity contribution in [2.45, 2.75) is 6.92 Å². The van der Waals surface area contributed by atoms with Crippen LogP contribution in [0.25, 0.3) is 0 Å². The highest BCUT2D eigenvalue weighted by molar-refractivity contribution is 5.67. The van der Waals surface area contributed by atoms with Gasteiger partial charge in [-0.2, -0.15) is 0 Å². The van der Waals surface area contributed by atoms with Crippen LogP contribution >= 0.6 is 0 Å². The zero-order valence-electron chi connectivity index (χ0n) is 6.01. The summed E-state index contributed by atoms with van der Waals surface area (Å²) in [6, 6.07) is 0. The summed E-state index contributed by atoms with van der Waals surface area (Å²) in [5, 5.41) is 2.36. The Morgan fingerprint density at radius 3 is 2.80 bits per heavy atom. The van der Waals surface area contributed by atoms with E-state index in [2.05, 4.69) is 10.1 Å². The predicted octanol–water partition coefficient (Wildman–Crippen LogP) is 0.0882. The minimum absolute atomic E-state index is 0.274. The van der Waals surface area contributed by atoms with Gasteiger partial charge < -0.3 is 10.1 Å². The highest BCUT2D eigenvalue weighted by Gasteiger charge is 2.02. The molecule has 0 fully saturated rings. The minimum atomic E-state index is -0.526. The van der Waals surface area contributed by atoms with Crippen molar-refractivity contribution in [1.29, 1.82) is 0 Å². The molecule has 10 heavy (non-hydrogen) atoms. The van der Waals surface area contributed by atoms with Gasteiger partial charge in [0.05, 0.1) is 7.11 Å². The minimum Gasteiger partial charge on any atom is -0.453 e. The summed E-state index contributed by atoms with van der Waals surface area (Å²) in [4.78, 5) is 20.3. The molecule has 1 unspecified atom stereocenters. The van der Waals surface area contributed by atoms with Gasteiger partial charge in [-0.15, -0.1) is 0 Å². The maximum Gasteiger partial charge on any atom is 0.406 e. The van der Waals surface area contributed by atoms with Crippen LogP contribution in [0.4, 0.5) is 4.79 Å². The van der Waals surface area contributed by atoms with Crippen LogP contribution in [0, 0.1) is 5.92 Å². The van der Waals surface area contributed by atoms with Gasteiger partial charge in [0.2, 0.25) is 6.29 Å². The van der Waals surface area contributed by atoms with Gasteiger partial charge in [-0.25, -0.2) is 4.79 Å². The summed E-state index contributed by atoms with van der Waals surface area (Å²) in [6.45, 7) is 1.93. The normalized spacial score (nSPS) is 11.8. The van der Waals surface area contributed by atoms with Crippen molar-refractivity contribution in [3.05, 3.63) is 0 Å². The second-order valence-electron chi connectivity index (χ2n) is 1.89. The number of alkyl carbamates (subject to hydrolysis) is 1. The fraction of sp³-hybridized carbons (Fsp3) is 0.667. The van der Waals surface area contributed by atoms with Crippen LogP contribution in [0.1, 0.15) is 6.92 Å². The van der Waals surface area contributed by atoms with Crippen LogP contribution in [0.2, 0.25) is 0 Å². The number of methoxy groups -OCH3 is 1. The molecule has 1 radical (unpaired) electrons. The molecule has 57 valence electrons. The zero-order valence-corrected chi connectivity index (χ0v) is 6.01. The number of carbonyl (C=O) groups excluding carboxylic acids is 2. The van der Waals surface area contributed by atoms with E-state index in [1.165, 1.54) is 7.11 Å². The number of nitrogens with one attached hydrogen (secondary N) is 1. The standard InChI is InChI=1S/C6H10NO3/c1-5(4-8)3-7-6(9)10-2/h5H,3H2,1-2H3,(H,7,9). The van der Waals surface area contributed by atoms with Crippen LogP contribution in [0.3, 0.4) is 0 Å². The first-order chi connectivity index (χ1) is 4.70. The van der Waals surface area contributed by atoms with Gasteiger partial charge in [0.25, 0.3) is 0 Å². The molecule has 0 rings (SSSR count). The lowest BCUT2D eigenvalue weighted by atomic mass is 10.2. The fourth-order valence-electron chi connectivity index (χ4n) is 0.350. The first-order valence-corrected chi connectivity index (χ1v) is 2.90. The monoisotopic (exact) mass is 144 g/mol. The first-order valence-electron chi connectivity index (χ1n) is 2.90. The van der Waals surface area contributed by atoms with E-state index in [9.17, 15) is 9.59 Å². The van der Waals surface area contributed by atoms with E-state index in [0.29, 0.717) is 0 Å². The van der Waals surface area contributed by atoms with Crippen LogP contribution in [-0.2, 0) is 9.53 Å². The van der Waals surface area contributed by atoms with Gasteiger partial charge in [0, 0.05) is 12.5 Å². The van der Waals surface area contributed by atoms with Gasteiger partial charge in [0.15, 0.2) is 0 Å². The number of carbonyl (C=O) groups is 1. The Balaban J connectivity index is 3.34. The smallest absolute Gasteiger partial charge is 0.406 e. The summed E-state index contributed by atoms with van der Waals surface area (Å²) in [6.07, 6.45) is 1.20. The van der Waals surface area contributed by atoms with Gasteiger partial charge >= 0.3 is 6.09 Å². The summed E-state index contributed by atoms with van der Waals surface area (Å²) in [5.41, 5.74) is 0. The highest BCUT2D eigenvalue weighted by Crippen LogP contribution is 1.84. The first kappa shape index (κ1) is 8.94. The lowest BCUT2D eigenvalue weighted by Gasteiger charge is -2.03. The second-order valence-corrected chi connectivity index (χ2v) is 1.89. The Morgan fingerprint density at radius 2 is 2.40 bits per heavy atom. The van der Waals surface area contributed by atoms with Gasteiger partial charge in [-0.3, -0.25) is 4.79 Å². The van der Waals surface area contributed by atoms with Gasteiger partial charge in [-0.1, -0.05) is 6.92 Å². The van der Waals surface area contributed by atoms with E-state index in [4.69, 9.17) is 0 Å². The Morgan fingerprint density at radius 1 is 1.80 bits per heavy atom. The van der Waals surface area contributed by atoms with Crippen molar-refractivity contribution in [3.8, 4) is 0 Å². The van der Waals surface area contributed by atoms with Crippen molar-refractivity contribution < 1.29 is 14.3 Å². The van der Waals surface area contributed by atoms with E-state index < -0.39 is 6.09 Å². The average Bonchev–Trinajstić information content (AvgIpc) is 1.99. The maximum absolute atomic E-state index is 10.4. The van der Waals surface area contributed by atoms with E-state index in [-0.39, 0.29) is 12.5 Å². The zero-order chi connectivity index (χ0) is 7.98. The maximum atomic E-state index is 10.4. The van der Waals surface area contributed by atoms with Crippen LogP contribution in [-0.4, -0.2) is 26.0 Å². The predicted molar refractivity (Wildman–Crippen MR) is 35.3 cm³/mol. The number of rotatable bonds is 3. The molecule has 0 saturated carbocycles. The van der Waals surface area contributed by atoms with Gasteiger partial charge in [-0.05, 0) is 0 Å². The summed E-state index contributed by atoms with van der Waals surface area (Å²) in [7, 11) is 1.27. The summed E-state index contributed by atoms with van der Waals surface area (Å²) < 4.78 is 4.27. The van der Waals surface area contributed by atoms with Crippen LogP contribution in [0.5, 0.6) is 0 Å². The third kappa shape index (κ3) is 3.88. The number of hydrogen-bond acceptors (Lipinski definition) is 3. The Hall–Kier alpha value is -1.06. The summed E-state index contributed by atoms with van der Waals surface area (Å²) >= 11 is 0. The molecule has 0 aliphatic carbocycles. The molecule has 0 bridgehead atoms. The van der Waals surface area contributed by atoms with Crippen molar-refractivity contribution in [3.63, 3.8) is 0 Å². The third-order valence-electron chi connectivity index (χ3n) is 0.939. The molecule has 4 nitrogen and oxygen atoms in total. The lowest BCUT2D eigenvalue weighted by Crippen LogP contribution is -2.28. The number of amides is 1. The van der Waals surface area contributed by atoms with Crippen molar-refractivity contribution in [1.82, 2.24) is 5.32 Å². The molecule has 0 aromatic heterocycles. The van der Waals surface area contributed by atoms with E-state index >= 15 is 0 Å². The molecule has 4 heteroatoms. The second kappa shape index (κ2) is 4.78. The molecule has 0 aromatic rings. The molecular formula is C6H10NO3. The molecule has 1 N–H and O–H groups in total. The largest absolute Gasteiger partial charge is 0.453 e. The van der Waals surface area contributed by atoms with E-state index in [1.807, 2.05) is 0 Å². The number of ether oxygens (including phenoxy) is 1. The van der Waals surface area contributed by atoms with Gasteiger partial charge in [0.1, 0.15) is 0 Å². The third-order valence-corrected chi connectivity index (χ3v) is 0.939. The Kier molecular flexibility index (Phi) is 4.28. The molecule has 0 aromatic carbocycles. The molecule has 0 aliphatic heterocycles. The Labute approximate surface area is 59.6 Å². The Bertz CT molecular complexity index is 124. The molecule has 0 heterocycles. The molecule has 0 spiro atoms. The summed E-state index contributed by atoms with van der Waals surface area (Å²) in [5.74, 6) is -0.279. The van der Waals surface area contributed by atoms with E-state index in [0.717, 1.165) is 0 Å². The quantitative estimate of drug-likeness (QED) is 0.610. The molecule has 0 saturated heterocycles. The fourth-order valence-corrected chi connectivity index (χ4v) is 0.350. The molecule has 1 atom stereocenters. The van der Waals surface area contributed by atoms with Crippen LogP contribution in [0.15, 0.2) is 0 Å². The average molecular weight is 144 g/mol. The number of hydrogen-bond donors (Lipinski definition) is 1. The van der Waals surface area contributed by atoms with E-state index in [1.54, 1.807) is 13.2 Å². The molecule has 0 aliphatic rings.